The van der Waals surface area contributed by atoms with Gasteiger partial charge in [0.1, 0.15) is 5.82 Å². The van der Waals surface area contributed by atoms with Crippen molar-refractivity contribution in [3.63, 3.8) is 0 Å². The van der Waals surface area contributed by atoms with Gasteiger partial charge in [0.25, 0.3) is 5.56 Å². The number of H-pyrrole nitrogens is 1. The van der Waals surface area contributed by atoms with Crippen LogP contribution in [0.15, 0.2) is 29.1 Å². The Kier molecular flexibility index (Phi) is 2.98. The smallest absolute Gasteiger partial charge is 0.258 e. The van der Waals surface area contributed by atoms with E-state index in [0.29, 0.717) is 29.6 Å². The molecule has 2 N–H and O–H groups in total. The molecule has 0 amide bonds. The van der Waals surface area contributed by atoms with Gasteiger partial charge in [-0.2, -0.15) is 0 Å². The van der Waals surface area contributed by atoms with Crippen LogP contribution in [0.4, 0.5) is 0 Å². The number of hydrogen-bond acceptors (Lipinski definition) is 3. The molecule has 1 aromatic heterocycles. The topological polar surface area (TPSA) is 66.0 Å². The lowest BCUT2D eigenvalue weighted by molar-refractivity contribution is 0.0544. The standard InChI is InChI=1S/C13H16N2O2/c1-3-13(2,17)8-11-14-10-7-5-4-6-9(10)12(16)15-11/h4-7,17H,3,8H2,1-2H3,(H,14,15,16). The lowest BCUT2D eigenvalue weighted by Crippen LogP contribution is -2.28. The van der Waals surface area contributed by atoms with Gasteiger partial charge >= 0.3 is 0 Å². The van der Waals surface area contributed by atoms with Crippen molar-refractivity contribution in [2.75, 3.05) is 0 Å². The lowest BCUT2D eigenvalue weighted by Gasteiger charge is -2.20. The maximum Gasteiger partial charge on any atom is 0.258 e. The van der Waals surface area contributed by atoms with Crippen LogP contribution in [0.2, 0.25) is 0 Å². The number of aliphatic hydroxyl groups is 1. The molecule has 1 atom stereocenters. The van der Waals surface area contributed by atoms with E-state index in [1.54, 1.807) is 25.1 Å². The molecule has 1 unspecified atom stereocenters. The Morgan fingerprint density at radius 2 is 2.12 bits per heavy atom. The quantitative estimate of drug-likeness (QED) is 0.845. The van der Waals surface area contributed by atoms with Crippen LogP contribution in [0.25, 0.3) is 10.9 Å². The van der Waals surface area contributed by atoms with Crippen molar-refractivity contribution < 1.29 is 5.11 Å². The van der Waals surface area contributed by atoms with Crippen LogP contribution >= 0.6 is 0 Å². The maximum atomic E-state index is 11.8. The minimum absolute atomic E-state index is 0.155. The minimum Gasteiger partial charge on any atom is -0.390 e. The number of nitrogens with zero attached hydrogens (tertiary/aromatic N) is 1. The first kappa shape index (κ1) is 11.8. The van der Waals surface area contributed by atoms with E-state index in [-0.39, 0.29) is 5.56 Å². The summed E-state index contributed by atoms with van der Waals surface area (Å²) in [7, 11) is 0. The maximum absolute atomic E-state index is 11.8. The van der Waals surface area contributed by atoms with Crippen molar-refractivity contribution in [2.45, 2.75) is 32.3 Å². The molecular formula is C13H16N2O2. The van der Waals surface area contributed by atoms with Crippen molar-refractivity contribution in [3.05, 3.63) is 40.4 Å². The van der Waals surface area contributed by atoms with Crippen LogP contribution in [0.3, 0.4) is 0 Å². The zero-order valence-corrected chi connectivity index (χ0v) is 10.0. The molecular weight excluding hydrogens is 216 g/mol. The molecule has 0 aliphatic carbocycles. The Hall–Kier alpha value is -1.68. The third-order valence-corrected chi connectivity index (χ3v) is 2.97. The Morgan fingerprint density at radius 3 is 2.82 bits per heavy atom. The van der Waals surface area contributed by atoms with Gasteiger partial charge in [0.05, 0.1) is 16.5 Å². The van der Waals surface area contributed by atoms with Gasteiger partial charge in [-0.05, 0) is 25.5 Å². The summed E-state index contributed by atoms with van der Waals surface area (Å²) >= 11 is 0. The summed E-state index contributed by atoms with van der Waals surface area (Å²) in [5.41, 5.74) is -0.325. The van der Waals surface area contributed by atoms with Crippen LogP contribution in [0.1, 0.15) is 26.1 Å². The summed E-state index contributed by atoms with van der Waals surface area (Å²) in [6.45, 7) is 3.64. The molecule has 2 aromatic rings. The summed E-state index contributed by atoms with van der Waals surface area (Å²) in [6, 6.07) is 7.19. The van der Waals surface area contributed by atoms with E-state index in [1.165, 1.54) is 0 Å². The SMILES string of the molecule is CCC(C)(O)Cc1nc2ccccc2c(=O)[nH]1. The Bertz CT molecular complexity index is 587. The van der Waals surface area contributed by atoms with Crippen molar-refractivity contribution in [3.8, 4) is 0 Å². The zero-order valence-electron chi connectivity index (χ0n) is 10.0. The summed E-state index contributed by atoms with van der Waals surface area (Å²) in [4.78, 5) is 18.9. The number of aromatic nitrogens is 2. The molecule has 0 fully saturated rings. The third-order valence-electron chi connectivity index (χ3n) is 2.97. The number of rotatable bonds is 3. The minimum atomic E-state index is -0.835. The lowest BCUT2D eigenvalue weighted by atomic mass is 9.99. The molecule has 0 aliphatic rings. The monoisotopic (exact) mass is 232 g/mol. The normalized spacial score (nSPS) is 14.8. The molecule has 4 nitrogen and oxygen atoms in total. The molecule has 0 radical (unpaired) electrons. The zero-order chi connectivity index (χ0) is 12.5. The number of hydrogen-bond donors (Lipinski definition) is 2. The Morgan fingerprint density at radius 1 is 1.41 bits per heavy atom. The van der Waals surface area contributed by atoms with Crippen molar-refractivity contribution in [1.29, 1.82) is 0 Å². The molecule has 90 valence electrons. The van der Waals surface area contributed by atoms with Gasteiger partial charge in [0.2, 0.25) is 0 Å². The van der Waals surface area contributed by atoms with Gasteiger partial charge in [-0.15, -0.1) is 0 Å². The highest BCUT2D eigenvalue weighted by Gasteiger charge is 2.19. The summed E-state index contributed by atoms with van der Waals surface area (Å²) < 4.78 is 0. The highest BCUT2D eigenvalue weighted by atomic mass is 16.3. The predicted molar refractivity (Wildman–Crippen MR) is 67.0 cm³/mol. The van der Waals surface area contributed by atoms with Crippen LogP contribution in [-0.4, -0.2) is 20.7 Å². The van der Waals surface area contributed by atoms with Gasteiger partial charge in [0.15, 0.2) is 0 Å². The fourth-order valence-electron chi connectivity index (χ4n) is 1.70. The second kappa shape index (κ2) is 4.30. The molecule has 2 rings (SSSR count). The van der Waals surface area contributed by atoms with E-state index in [9.17, 15) is 9.90 Å². The van der Waals surface area contributed by atoms with E-state index in [1.807, 2.05) is 13.0 Å². The molecule has 1 aromatic carbocycles. The molecule has 4 heteroatoms. The van der Waals surface area contributed by atoms with E-state index < -0.39 is 5.60 Å². The van der Waals surface area contributed by atoms with Crippen LogP contribution in [0.5, 0.6) is 0 Å². The molecule has 0 spiro atoms. The second-order valence-electron chi connectivity index (χ2n) is 4.56. The number of aromatic amines is 1. The first-order valence-electron chi connectivity index (χ1n) is 5.72. The van der Waals surface area contributed by atoms with Gasteiger partial charge in [-0.25, -0.2) is 4.98 Å². The number of benzene rings is 1. The molecule has 0 aliphatic heterocycles. The molecule has 17 heavy (non-hydrogen) atoms. The van der Waals surface area contributed by atoms with E-state index in [2.05, 4.69) is 9.97 Å². The van der Waals surface area contributed by atoms with E-state index in [4.69, 9.17) is 0 Å². The summed E-state index contributed by atoms with van der Waals surface area (Å²) in [5, 5.41) is 10.6. The van der Waals surface area contributed by atoms with E-state index >= 15 is 0 Å². The highest BCUT2D eigenvalue weighted by molar-refractivity contribution is 5.77. The highest BCUT2D eigenvalue weighted by Crippen LogP contribution is 2.14. The Balaban J connectivity index is 2.47. The van der Waals surface area contributed by atoms with Crippen molar-refractivity contribution in [2.24, 2.45) is 0 Å². The molecule has 0 saturated carbocycles. The average molecular weight is 232 g/mol. The van der Waals surface area contributed by atoms with Crippen LogP contribution in [0, 0.1) is 0 Å². The molecule has 0 saturated heterocycles. The van der Waals surface area contributed by atoms with Gasteiger partial charge in [-0.1, -0.05) is 19.1 Å². The first-order chi connectivity index (χ1) is 8.02. The first-order valence-corrected chi connectivity index (χ1v) is 5.72. The summed E-state index contributed by atoms with van der Waals surface area (Å²) in [5.74, 6) is 0.528. The van der Waals surface area contributed by atoms with Crippen molar-refractivity contribution in [1.82, 2.24) is 9.97 Å². The van der Waals surface area contributed by atoms with Gasteiger partial charge in [-0.3, -0.25) is 4.79 Å². The average Bonchev–Trinajstić information content (AvgIpc) is 2.28. The van der Waals surface area contributed by atoms with Crippen molar-refractivity contribution >= 4 is 10.9 Å². The second-order valence-corrected chi connectivity index (χ2v) is 4.56. The number of nitrogens with one attached hydrogen (secondary N) is 1. The summed E-state index contributed by atoms with van der Waals surface area (Å²) in [6.07, 6.45) is 0.965. The number of fused-ring (bicyclic) bond motifs is 1. The third kappa shape index (κ3) is 2.53. The molecule has 1 heterocycles. The molecule has 0 bridgehead atoms. The van der Waals surface area contributed by atoms with Gasteiger partial charge in [0, 0.05) is 6.42 Å². The van der Waals surface area contributed by atoms with E-state index in [0.717, 1.165) is 0 Å². The fraction of sp³-hybridized carbons (Fsp3) is 0.385. The van der Waals surface area contributed by atoms with Crippen LogP contribution < -0.4 is 5.56 Å². The fourth-order valence-corrected chi connectivity index (χ4v) is 1.70. The largest absolute Gasteiger partial charge is 0.390 e. The van der Waals surface area contributed by atoms with Crippen LogP contribution in [-0.2, 0) is 6.42 Å². The number of para-hydroxylation sites is 1. The van der Waals surface area contributed by atoms with Gasteiger partial charge < -0.3 is 10.1 Å². The Labute approximate surface area is 99.3 Å². The predicted octanol–water partition coefficient (Wildman–Crippen LogP) is 1.63.